The molecule has 2 aromatic rings. The van der Waals surface area contributed by atoms with E-state index in [2.05, 4.69) is 62.6 Å². The van der Waals surface area contributed by atoms with E-state index >= 15 is 0 Å². The van der Waals surface area contributed by atoms with Crippen LogP contribution in [0.25, 0.3) is 0 Å². The van der Waals surface area contributed by atoms with E-state index in [-0.39, 0.29) is 0 Å². The molecule has 1 aliphatic heterocycles. The van der Waals surface area contributed by atoms with Gasteiger partial charge in [0.1, 0.15) is 0 Å². The second-order valence-electron chi connectivity index (χ2n) is 4.73. The minimum atomic E-state index is 0.597. The molecule has 0 aliphatic carbocycles. The molecule has 1 unspecified atom stereocenters. The van der Waals surface area contributed by atoms with Gasteiger partial charge in [-0.2, -0.15) is 0 Å². The van der Waals surface area contributed by atoms with Crippen molar-refractivity contribution in [3.05, 3.63) is 56.7 Å². The van der Waals surface area contributed by atoms with E-state index in [0.29, 0.717) is 6.04 Å². The quantitative estimate of drug-likeness (QED) is 0.781. The van der Waals surface area contributed by atoms with Gasteiger partial charge in [-0.15, -0.1) is 11.3 Å². The number of hydrogen-bond donors (Lipinski definition) is 0. The molecule has 18 heavy (non-hydrogen) atoms. The summed E-state index contributed by atoms with van der Waals surface area (Å²) in [5.74, 6) is 0. The third-order valence-electron chi connectivity index (χ3n) is 3.59. The Balaban J connectivity index is 1.78. The zero-order valence-corrected chi connectivity index (χ0v) is 12.6. The van der Waals surface area contributed by atoms with Gasteiger partial charge < -0.3 is 0 Å². The molecule has 1 fully saturated rings. The Bertz CT molecular complexity index is 508. The second-order valence-corrected chi connectivity index (χ2v) is 6.59. The highest BCUT2D eigenvalue weighted by Gasteiger charge is 2.26. The third-order valence-corrected chi connectivity index (χ3v) is 5.50. The van der Waals surface area contributed by atoms with Crippen molar-refractivity contribution in [3.63, 3.8) is 0 Å². The number of halogens is 1. The summed E-state index contributed by atoms with van der Waals surface area (Å²) >= 11 is 5.48. The lowest BCUT2D eigenvalue weighted by Crippen LogP contribution is -2.22. The predicted molar refractivity (Wildman–Crippen MR) is 80.8 cm³/mol. The molecule has 0 radical (unpaired) electrons. The predicted octanol–water partition coefficient (Wildman–Crippen LogP) is 4.85. The number of benzene rings is 1. The molecule has 0 bridgehead atoms. The van der Waals surface area contributed by atoms with Crippen LogP contribution in [-0.4, -0.2) is 11.4 Å². The van der Waals surface area contributed by atoms with Crippen molar-refractivity contribution in [1.82, 2.24) is 4.90 Å². The standard InChI is InChI=1S/C15H16BrNS/c16-13-8-10-18-15(13)11-17-9-4-7-14(17)12-5-2-1-3-6-12/h1-3,5-6,8,10,14H,4,7,9,11H2. The summed E-state index contributed by atoms with van der Waals surface area (Å²) in [6.07, 6.45) is 2.59. The first-order chi connectivity index (χ1) is 8.84. The first-order valence-electron chi connectivity index (χ1n) is 6.35. The Morgan fingerprint density at radius 1 is 1.22 bits per heavy atom. The first kappa shape index (κ1) is 12.4. The van der Waals surface area contributed by atoms with Crippen molar-refractivity contribution in [2.24, 2.45) is 0 Å². The number of likely N-dealkylation sites (tertiary alicyclic amines) is 1. The molecule has 3 rings (SSSR count). The molecule has 1 atom stereocenters. The Hall–Kier alpha value is -0.640. The van der Waals surface area contributed by atoms with Gasteiger partial charge >= 0.3 is 0 Å². The van der Waals surface area contributed by atoms with Crippen LogP contribution in [0.3, 0.4) is 0 Å². The summed E-state index contributed by atoms with van der Waals surface area (Å²) in [4.78, 5) is 4.05. The molecule has 0 spiro atoms. The van der Waals surface area contributed by atoms with E-state index in [1.165, 1.54) is 34.3 Å². The highest BCUT2D eigenvalue weighted by atomic mass is 79.9. The van der Waals surface area contributed by atoms with E-state index < -0.39 is 0 Å². The van der Waals surface area contributed by atoms with Crippen LogP contribution in [-0.2, 0) is 6.54 Å². The van der Waals surface area contributed by atoms with Crippen LogP contribution < -0.4 is 0 Å². The fourth-order valence-corrected chi connectivity index (χ4v) is 4.19. The normalized spacial score (nSPS) is 20.4. The molecular weight excluding hydrogens is 306 g/mol. The maximum absolute atomic E-state index is 3.63. The lowest BCUT2D eigenvalue weighted by atomic mass is 10.0. The summed E-state index contributed by atoms with van der Waals surface area (Å²) < 4.78 is 1.26. The number of thiophene rings is 1. The Morgan fingerprint density at radius 3 is 2.78 bits per heavy atom. The fourth-order valence-electron chi connectivity index (χ4n) is 2.69. The monoisotopic (exact) mass is 321 g/mol. The number of hydrogen-bond acceptors (Lipinski definition) is 2. The molecule has 0 saturated carbocycles. The summed E-state index contributed by atoms with van der Waals surface area (Å²) in [6.45, 7) is 2.28. The smallest absolute Gasteiger partial charge is 0.0352 e. The van der Waals surface area contributed by atoms with Crippen LogP contribution in [0.5, 0.6) is 0 Å². The Kier molecular flexibility index (Phi) is 3.83. The Labute approximate surface area is 121 Å². The SMILES string of the molecule is Brc1ccsc1CN1CCCC1c1ccccc1. The topological polar surface area (TPSA) is 3.24 Å². The van der Waals surface area contributed by atoms with Crippen molar-refractivity contribution >= 4 is 27.3 Å². The van der Waals surface area contributed by atoms with E-state index in [4.69, 9.17) is 0 Å². The number of rotatable bonds is 3. The van der Waals surface area contributed by atoms with Crippen molar-refractivity contribution in [1.29, 1.82) is 0 Å². The minimum Gasteiger partial charge on any atom is -0.291 e. The molecule has 94 valence electrons. The van der Waals surface area contributed by atoms with Gasteiger partial charge in [0, 0.05) is 21.9 Å². The fraction of sp³-hybridized carbons (Fsp3) is 0.333. The zero-order chi connectivity index (χ0) is 12.4. The van der Waals surface area contributed by atoms with Crippen molar-refractivity contribution in [3.8, 4) is 0 Å². The molecule has 3 heteroatoms. The molecule has 0 N–H and O–H groups in total. The molecule has 0 amide bonds. The lowest BCUT2D eigenvalue weighted by Gasteiger charge is -2.24. The van der Waals surface area contributed by atoms with Crippen LogP contribution >= 0.6 is 27.3 Å². The summed E-state index contributed by atoms with van der Waals surface area (Å²) in [7, 11) is 0. The summed E-state index contributed by atoms with van der Waals surface area (Å²) in [5.41, 5.74) is 1.46. The van der Waals surface area contributed by atoms with Crippen molar-refractivity contribution in [2.45, 2.75) is 25.4 Å². The van der Waals surface area contributed by atoms with Gasteiger partial charge in [-0.05, 0) is 52.3 Å². The van der Waals surface area contributed by atoms with E-state index in [0.717, 1.165) is 6.54 Å². The molecule has 1 aliphatic rings. The van der Waals surface area contributed by atoms with Gasteiger partial charge in [0.15, 0.2) is 0 Å². The average Bonchev–Trinajstić information content (AvgIpc) is 3.01. The van der Waals surface area contributed by atoms with Crippen LogP contribution in [0.4, 0.5) is 0 Å². The van der Waals surface area contributed by atoms with E-state index in [1.54, 1.807) is 0 Å². The Morgan fingerprint density at radius 2 is 2.06 bits per heavy atom. The van der Waals surface area contributed by atoms with Gasteiger partial charge in [0.05, 0.1) is 0 Å². The van der Waals surface area contributed by atoms with Crippen LogP contribution in [0.2, 0.25) is 0 Å². The highest BCUT2D eigenvalue weighted by Crippen LogP contribution is 2.35. The minimum absolute atomic E-state index is 0.597. The first-order valence-corrected chi connectivity index (χ1v) is 8.03. The van der Waals surface area contributed by atoms with Gasteiger partial charge in [0.25, 0.3) is 0 Å². The number of nitrogens with zero attached hydrogens (tertiary/aromatic N) is 1. The van der Waals surface area contributed by atoms with Gasteiger partial charge in [-0.25, -0.2) is 0 Å². The van der Waals surface area contributed by atoms with Crippen molar-refractivity contribution < 1.29 is 0 Å². The summed E-state index contributed by atoms with van der Waals surface area (Å²) in [6, 6.07) is 13.6. The average molecular weight is 322 g/mol. The van der Waals surface area contributed by atoms with Crippen LogP contribution in [0, 0.1) is 0 Å². The lowest BCUT2D eigenvalue weighted by molar-refractivity contribution is 0.250. The van der Waals surface area contributed by atoms with Gasteiger partial charge in [-0.1, -0.05) is 30.3 Å². The van der Waals surface area contributed by atoms with E-state index in [1.807, 2.05) is 11.3 Å². The molecule has 2 heterocycles. The van der Waals surface area contributed by atoms with Gasteiger partial charge in [-0.3, -0.25) is 4.90 Å². The van der Waals surface area contributed by atoms with Crippen LogP contribution in [0.15, 0.2) is 46.3 Å². The van der Waals surface area contributed by atoms with E-state index in [9.17, 15) is 0 Å². The summed E-state index contributed by atoms with van der Waals surface area (Å²) in [5, 5.41) is 2.16. The van der Waals surface area contributed by atoms with Gasteiger partial charge in [0.2, 0.25) is 0 Å². The van der Waals surface area contributed by atoms with Crippen LogP contribution in [0.1, 0.15) is 29.3 Å². The molecule has 1 aromatic carbocycles. The van der Waals surface area contributed by atoms with Crippen molar-refractivity contribution in [2.75, 3.05) is 6.54 Å². The third kappa shape index (κ3) is 2.53. The molecule has 1 aromatic heterocycles. The zero-order valence-electron chi connectivity index (χ0n) is 10.2. The maximum Gasteiger partial charge on any atom is 0.0352 e. The molecule has 1 nitrogen and oxygen atoms in total. The molecule has 1 saturated heterocycles. The largest absolute Gasteiger partial charge is 0.291 e. The maximum atomic E-state index is 3.63. The highest BCUT2D eigenvalue weighted by molar-refractivity contribution is 9.10. The second kappa shape index (κ2) is 5.55. The molecular formula is C15H16BrNS.